The second kappa shape index (κ2) is 5.70. The Morgan fingerprint density at radius 1 is 1.42 bits per heavy atom. The number of hydrogen-bond acceptors (Lipinski definition) is 3. The fourth-order valence-corrected chi connectivity index (χ4v) is 3.25. The molecule has 3 rings (SSSR count). The molecule has 0 aromatic heterocycles. The van der Waals surface area contributed by atoms with Gasteiger partial charge in [0.05, 0.1) is 0 Å². The molecule has 2 atom stereocenters. The van der Waals surface area contributed by atoms with Gasteiger partial charge in [-0.2, -0.15) is 0 Å². The van der Waals surface area contributed by atoms with Gasteiger partial charge in [-0.1, -0.05) is 11.6 Å². The zero-order valence-electron chi connectivity index (χ0n) is 11.4. The van der Waals surface area contributed by atoms with E-state index in [0.717, 1.165) is 30.3 Å². The molecule has 19 heavy (non-hydrogen) atoms. The number of ether oxygens (including phenoxy) is 1. The monoisotopic (exact) mass is 280 g/mol. The van der Waals surface area contributed by atoms with Gasteiger partial charge in [-0.15, -0.1) is 0 Å². The fourth-order valence-electron chi connectivity index (χ4n) is 3.05. The van der Waals surface area contributed by atoms with Crippen LogP contribution in [0.5, 0.6) is 5.75 Å². The largest absolute Gasteiger partial charge is 0.488 e. The van der Waals surface area contributed by atoms with E-state index >= 15 is 0 Å². The third-order valence-electron chi connectivity index (χ3n) is 4.19. The van der Waals surface area contributed by atoms with Crippen LogP contribution in [0, 0.1) is 0 Å². The first-order chi connectivity index (χ1) is 9.22. The molecule has 1 aromatic rings. The van der Waals surface area contributed by atoms with Crippen LogP contribution in [-0.2, 0) is 6.42 Å². The van der Waals surface area contributed by atoms with E-state index in [-0.39, 0.29) is 6.10 Å². The smallest absolute Gasteiger partial charge is 0.123 e. The average Bonchev–Trinajstić information content (AvgIpc) is 2.95. The predicted molar refractivity (Wildman–Crippen MR) is 78.1 cm³/mol. The first-order valence-corrected chi connectivity index (χ1v) is 7.46. The van der Waals surface area contributed by atoms with Crippen LogP contribution < -0.4 is 10.1 Å². The zero-order valence-corrected chi connectivity index (χ0v) is 12.1. The van der Waals surface area contributed by atoms with E-state index in [4.69, 9.17) is 16.3 Å². The van der Waals surface area contributed by atoms with Crippen LogP contribution in [0.2, 0.25) is 5.02 Å². The molecular formula is C15H21ClN2O. The quantitative estimate of drug-likeness (QED) is 0.916. The number of hydrogen-bond donors (Lipinski definition) is 1. The van der Waals surface area contributed by atoms with E-state index in [1.165, 1.54) is 24.9 Å². The molecule has 1 N–H and O–H groups in total. The highest BCUT2D eigenvalue weighted by molar-refractivity contribution is 6.30. The van der Waals surface area contributed by atoms with E-state index in [1.54, 1.807) is 0 Å². The summed E-state index contributed by atoms with van der Waals surface area (Å²) in [4.78, 5) is 2.44. The summed E-state index contributed by atoms with van der Waals surface area (Å²) in [6.07, 6.45) is 3.85. The number of nitrogens with zero attached hydrogens (tertiary/aromatic N) is 1. The van der Waals surface area contributed by atoms with E-state index < -0.39 is 0 Å². The second-order valence-electron chi connectivity index (χ2n) is 5.63. The van der Waals surface area contributed by atoms with Crippen molar-refractivity contribution in [2.24, 2.45) is 0 Å². The van der Waals surface area contributed by atoms with Gasteiger partial charge in [0.25, 0.3) is 0 Å². The molecule has 0 radical (unpaired) electrons. The van der Waals surface area contributed by atoms with Crippen molar-refractivity contribution in [1.29, 1.82) is 0 Å². The van der Waals surface area contributed by atoms with Gasteiger partial charge >= 0.3 is 0 Å². The summed E-state index contributed by atoms with van der Waals surface area (Å²) in [7, 11) is 2.21. The Labute approximate surface area is 119 Å². The van der Waals surface area contributed by atoms with Gasteiger partial charge in [-0.3, -0.25) is 0 Å². The van der Waals surface area contributed by atoms with Crippen LogP contribution in [0.25, 0.3) is 0 Å². The van der Waals surface area contributed by atoms with Crippen molar-refractivity contribution in [3.05, 3.63) is 28.8 Å². The fraction of sp³-hybridized carbons (Fsp3) is 0.600. The SMILES string of the molecule is CN1CCCC1CNCC1Cc2cc(Cl)ccc2O1. The van der Waals surface area contributed by atoms with Crippen molar-refractivity contribution in [2.45, 2.75) is 31.4 Å². The van der Waals surface area contributed by atoms with Crippen LogP contribution in [0.1, 0.15) is 18.4 Å². The molecule has 0 amide bonds. The molecule has 2 unspecified atom stereocenters. The number of likely N-dealkylation sites (tertiary alicyclic amines) is 1. The number of halogens is 1. The van der Waals surface area contributed by atoms with Crippen LogP contribution >= 0.6 is 11.6 Å². The Kier molecular flexibility index (Phi) is 3.96. The van der Waals surface area contributed by atoms with Gasteiger partial charge in [-0.25, -0.2) is 0 Å². The Hall–Kier alpha value is -0.770. The van der Waals surface area contributed by atoms with Crippen molar-refractivity contribution in [2.75, 3.05) is 26.7 Å². The van der Waals surface area contributed by atoms with E-state index in [2.05, 4.69) is 17.3 Å². The summed E-state index contributed by atoms with van der Waals surface area (Å²) < 4.78 is 5.92. The topological polar surface area (TPSA) is 24.5 Å². The summed E-state index contributed by atoms with van der Waals surface area (Å²) >= 11 is 6.00. The van der Waals surface area contributed by atoms with Crippen molar-refractivity contribution in [3.8, 4) is 5.75 Å². The number of rotatable bonds is 4. The van der Waals surface area contributed by atoms with Crippen LogP contribution in [0.15, 0.2) is 18.2 Å². The molecule has 1 fully saturated rings. The van der Waals surface area contributed by atoms with Gasteiger partial charge < -0.3 is 15.0 Å². The highest BCUT2D eigenvalue weighted by Crippen LogP contribution is 2.30. The average molecular weight is 281 g/mol. The molecule has 2 aliphatic rings. The molecule has 0 aliphatic carbocycles. The molecule has 3 nitrogen and oxygen atoms in total. The van der Waals surface area contributed by atoms with E-state index in [9.17, 15) is 0 Å². The molecule has 2 aliphatic heterocycles. The molecular weight excluding hydrogens is 260 g/mol. The normalized spacial score (nSPS) is 26.4. The van der Waals surface area contributed by atoms with Gasteiger partial charge in [0.1, 0.15) is 11.9 Å². The Balaban J connectivity index is 1.46. The van der Waals surface area contributed by atoms with Crippen LogP contribution in [-0.4, -0.2) is 43.7 Å². The Bertz CT molecular complexity index is 452. The maximum atomic E-state index is 6.00. The molecule has 0 saturated carbocycles. The molecule has 1 aromatic carbocycles. The summed E-state index contributed by atoms with van der Waals surface area (Å²) in [5, 5.41) is 4.34. The maximum Gasteiger partial charge on any atom is 0.123 e. The maximum absolute atomic E-state index is 6.00. The zero-order chi connectivity index (χ0) is 13.2. The minimum atomic E-state index is 0.250. The van der Waals surface area contributed by atoms with Gasteiger partial charge in [0.15, 0.2) is 0 Å². The number of nitrogens with one attached hydrogen (secondary N) is 1. The molecule has 0 bridgehead atoms. The van der Waals surface area contributed by atoms with Crippen molar-refractivity contribution in [1.82, 2.24) is 10.2 Å². The van der Waals surface area contributed by atoms with Gasteiger partial charge in [-0.05, 0) is 50.2 Å². The van der Waals surface area contributed by atoms with Crippen LogP contribution in [0.3, 0.4) is 0 Å². The lowest BCUT2D eigenvalue weighted by molar-refractivity contribution is 0.219. The highest BCUT2D eigenvalue weighted by Gasteiger charge is 2.24. The molecule has 104 valence electrons. The Morgan fingerprint density at radius 3 is 3.11 bits per heavy atom. The minimum absolute atomic E-state index is 0.250. The van der Waals surface area contributed by atoms with Crippen molar-refractivity contribution < 1.29 is 4.74 Å². The lowest BCUT2D eigenvalue weighted by atomic mass is 10.1. The summed E-state index contributed by atoms with van der Waals surface area (Å²) in [5.41, 5.74) is 1.23. The number of fused-ring (bicyclic) bond motifs is 1. The van der Waals surface area contributed by atoms with Crippen LogP contribution in [0.4, 0.5) is 0 Å². The number of likely N-dealkylation sites (N-methyl/N-ethyl adjacent to an activating group) is 1. The summed E-state index contributed by atoms with van der Waals surface area (Å²) in [6, 6.07) is 6.58. The third kappa shape index (κ3) is 3.04. The Morgan fingerprint density at radius 2 is 2.32 bits per heavy atom. The molecule has 0 spiro atoms. The minimum Gasteiger partial charge on any atom is -0.488 e. The second-order valence-corrected chi connectivity index (χ2v) is 6.07. The standard InChI is InChI=1S/C15H21ClN2O/c1-18-6-2-3-13(18)9-17-10-14-8-11-7-12(16)4-5-15(11)19-14/h4-5,7,13-14,17H,2-3,6,8-10H2,1H3. The number of benzene rings is 1. The van der Waals surface area contributed by atoms with E-state index in [0.29, 0.717) is 6.04 Å². The summed E-state index contributed by atoms with van der Waals surface area (Å²) in [5.74, 6) is 0.995. The third-order valence-corrected chi connectivity index (χ3v) is 4.42. The molecule has 1 saturated heterocycles. The molecule has 2 heterocycles. The molecule has 4 heteroatoms. The lowest BCUT2D eigenvalue weighted by Crippen LogP contribution is -2.39. The van der Waals surface area contributed by atoms with E-state index in [1.807, 2.05) is 18.2 Å². The van der Waals surface area contributed by atoms with Crippen molar-refractivity contribution in [3.63, 3.8) is 0 Å². The lowest BCUT2D eigenvalue weighted by Gasteiger charge is -2.20. The van der Waals surface area contributed by atoms with Gasteiger partial charge in [0, 0.05) is 30.6 Å². The van der Waals surface area contributed by atoms with Crippen molar-refractivity contribution >= 4 is 11.6 Å². The highest BCUT2D eigenvalue weighted by atomic mass is 35.5. The first kappa shape index (κ1) is 13.2. The first-order valence-electron chi connectivity index (χ1n) is 7.08. The summed E-state index contributed by atoms with van der Waals surface area (Å²) in [6.45, 7) is 3.21. The van der Waals surface area contributed by atoms with Gasteiger partial charge in [0.2, 0.25) is 0 Å². The predicted octanol–water partition coefficient (Wildman–Crippen LogP) is 2.33.